The maximum absolute atomic E-state index is 10.8. The zero-order chi connectivity index (χ0) is 13.7. The van der Waals surface area contributed by atoms with E-state index in [0.29, 0.717) is 11.3 Å². The Morgan fingerprint density at radius 2 is 1.83 bits per heavy atom. The van der Waals surface area contributed by atoms with E-state index in [0.717, 1.165) is 0 Å². The molecular weight excluding hydrogens is 236 g/mol. The molecule has 2 N–H and O–H groups in total. The molecule has 0 bridgehead atoms. The largest absolute Gasteiger partial charge is 0.480 e. The van der Waals surface area contributed by atoms with E-state index in [1.165, 1.54) is 11.0 Å². The molecule has 0 aromatic heterocycles. The number of aryl methyl sites for hydroxylation is 1. The average molecular weight is 248 g/mol. The Morgan fingerprint density at radius 1 is 1.28 bits per heavy atom. The molecule has 0 aliphatic carbocycles. The number of benzene rings is 1. The van der Waals surface area contributed by atoms with E-state index in [2.05, 4.69) is 0 Å². The van der Waals surface area contributed by atoms with E-state index in [1.807, 2.05) is 6.07 Å². The molecule has 0 unspecified atom stereocenters. The summed E-state index contributed by atoms with van der Waals surface area (Å²) in [5.41, 5.74) is 1.28. The van der Waals surface area contributed by atoms with Crippen LogP contribution in [0.5, 0.6) is 0 Å². The van der Waals surface area contributed by atoms with Crippen LogP contribution in [0.2, 0.25) is 0 Å². The van der Waals surface area contributed by atoms with Crippen LogP contribution in [0.1, 0.15) is 11.1 Å². The number of aliphatic carboxylic acids is 2. The number of para-hydroxylation sites is 1. The second-order valence-electron chi connectivity index (χ2n) is 3.73. The van der Waals surface area contributed by atoms with Crippen molar-refractivity contribution in [2.75, 3.05) is 18.0 Å². The molecule has 1 aromatic rings. The zero-order valence-electron chi connectivity index (χ0n) is 9.75. The molecule has 0 saturated heterocycles. The Labute approximate surface area is 104 Å². The van der Waals surface area contributed by atoms with Crippen molar-refractivity contribution in [1.29, 1.82) is 5.26 Å². The summed E-state index contributed by atoms with van der Waals surface area (Å²) in [6.45, 7) is 0.768. The number of hydrogen-bond acceptors (Lipinski definition) is 4. The smallest absolute Gasteiger partial charge is 0.323 e. The number of carboxylic acid groups (broad SMARTS) is 2. The fraction of sp³-hybridized carbons (Fsp3) is 0.250. The normalized spacial score (nSPS) is 9.56. The minimum absolute atomic E-state index is 0.262. The first kappa shape index (κ1) is 13.5. The highest BCUT2D eigenvalue weighted by Crippen LogP contribution is 2.24. The minimum Gasteiger partial charge on any atom is -0.480 e. The Balaban J connectivity index is 3.23. The number of nitriles is 1. The molecule has 0 atom stereocenters. The van der Waals surface area contributed by atoms with Gasteiger partial charge < -0.3 is 15.1 Å². The summed E-state index contributed by atoms with van der Waals surface area (Å²) in [5, 5.41) is 26.6. The molecule has 0 spiro atoms. The topological polar surface area (TPSA) is 102 Å². The summed E-state index contributed by atoms with van der Waals surface area (Å²) < 4.78 is 0. The lowest BCUT2D eigenvalue weighted by Gasteiger charge is -2.23. The SMILES string of the molecule is Cc1cccc(C#N)c1N(CC(=O)O)CC(=O)O. The molecule has 94 valence electrons. The van der Waals surface area contributed by atoms with E-state index in [-0.39, 0.29) is 5.56 Å². The van der Waals surface area contributed by atoms with Gasteiger partial charge in [-0.2, -0.15) is 5.26 Å². The number of nitrogens with zero attached hydrogens (tertiary/aromatic N) is 2. The number of hydrogen-bond donors (Lipinski definition) is 2. The van der Waals surface area contributed by atoms with Gasteiger partial charge in [0, 0.05) is 0 Å². The van der Waals surface area contributed by atoms with Crippen molar-refractivity contribution in [3.05, 3.63) is 29.3 Å². The maximum atomic E-state index is 10.8. The summed E-state index contributed by atoms with van der Waals surface area (Å²) in [6, 6.07) is 6.83. The Kier molecular flexibility index (Phi) is 4.27. The van der Waals surface area contributed by atoms with Crippen LogP contribution in [0.3, 0.4) is 0 Å². The van der Waals surface area contributed by atoms with Gasteiger partial charge in [0.15, 0.2) is 0 Å². The molecule has 0 amide bonds. The molecule has 0 radical (unpaired) electrons. The molecule has 6 nitrogen and oxygen atoms in total. The van der Waals surface area contributed by atoms with Crippen LogP contribution in [-0.2, 0) is 9.59 Å². The summed E-state index contributed by atoms with van der Waals surface area (Å²) in [6.07, 6.45) is 0. The van der Waals surface area contributed by atoms with Gasteiger partial charge in [0.1, 0.15) is 19.2 Å². The van der Waals surface area contributed by atoms with Crippen molar-refractivity contribution >= 4 is 17.6 Å². The molecule has 0 aliphatic heterocycles. The third kappa shape index (κ3) is 3.22. The summed E-state index contributed by atoms with van der Waals surface area (Å²) in [5.74, 6) is -2.30. The van der Waals surface area contributed by atoms with Gasteiger partial charge in [-0.05, 0) is 18.6 Å². The van der Waals surface area contributed by atoms with E-state index in [1.54, 1.807) is 19.1 Å². The fourth-order valence-electron chi connectivity index (χ4n) is 1.71. The first-order valence-corrected chi connectivity index (χ1v) is 5.14. The molecule has 18 heavy (non-hydrogen) atoms. The van der Waals surface area contributed by atoms with Crippen molar-refractivity contribution < 1.29 is 19.8 Å². The molecule has 0 saturated carbocycles. The Hall–Kier alpha value is -2.55. The predicted molar refractivity (Wildman–Crippen MR) is 63.4 cm³/mol. The summed E-state index contributed by atoms with van der Waals surface area (Å²) in [4.78, 5) is 22.7. The molecule has 0 heterocycles. The second-order valence-corrected chi connectivity index (χ2v) is 3.73. The average Bonchev–Trinajstić information content (AvgIpc) is 2.26. The molecule has 0 aliphatic rings. The number of rotatable bonds is 5. The van der Waals surface area contributed by atoms with Crippen molar-refractivity contribution in [3.63, 3.8) is 0 Å². The van der Waals surface area contributed by atoms with Crippen molar-refractivity contribution in [3.8, 4) is 6.07 Å². The van der Waals surface area contributed by atoms with E-state index in [9.17, 15) is 9.59 Å². The van der Waals surface area contributed by atoms with Crippen LogP contribution in [0, 0.1) is 18.3 Å². The molecule has 0 fully saturated rings. The minimum atomic E-state index is -1.15. The third-order valence-corrected chi connectivity index (χ3v) is 2.33. The lowest BCUT2D eigenvalue weighted by Crippen LogP contribution is -2.35. The van der Waals surface area contributed by atoms with Crippen LogP contribution >= 0.6 is 0 Å². The van der Waals surface area contributed by atoms with Gasteiger partial charge in [-0.25, -0.2) is 0 Å². The molecule has 1 aromatic carbocycles. The van der Waals surface area contributed by atoms with Gasteiger partial charge >= 0.3 is 11.9 Å². The molecule has 6 heteroatoms. The van der Waals surface area contributed by atoms with Crippen molar-refractivity contribution in [1.82, 2.24) is 0 Å². The lowest BCUT2D eigenvalue weighted by atomic mass is 10.1. The van der Waals surface area contributed by atoms with Crippen LogP contribution < -0.4 is 4.90 Å². The molecule has 1 rings (SSSR count). The number of anilines is 1. The quantitative estimate of drug-likeness (QED) is 0.800. The first-order chi connectivity index (χ1) is 8.45. The van der Waals surface area contributed by atoms with Crippen molar-refractivity contribution in [2.24, 2.45) is 0 Å². The van der Waals surface area contributed by atoms with E-state index >= 15 is 0 Å². The standard InChI is InChI=1S/C12H12N2O4/c1-8-3-2-4-9(5-13)12(8)14(6-10(15)16)7-11(17)18/h2-4H,6-7H2,1H3,(H,15,16)(H,17,18). The Bertz CT molecular complexity index is 503. The second kappa shape index (κ2) is 5.68. The highest BCUT2D eigenvalue weighted by molar-refractivity contribution is 5.81. The summed E-state index contributed by atoms with van der Waals surface area (Å²) in [7, 11) is 0. The van der Waals surface area contributed by atoms with Crippen LogP contribution in [-0.4, -0.2) is 35.2 Å². The van der Waals surface area contributed by atoms with Crippen LogP contribution in [0.4, 0.5) is 5.69 Å². The monoisotopic (exact) mass is 248 g/mol. The van der Waals surface area contributed by atoms with Gasteiger partial charge in [-0.15, -0.1) is 0 Å². The van der Waals surface area contributed by atoms with Gasteiger partial charge in [0.05, 0.1) is 11.3 Å². The fourth-order valence-corrected chi connectivity index (χ4v) is 1.71. The van der Waals surface area contributed by atoms with Crippen molar-refractivity contribution in [2.45, 2.75) is 6.92 Å². The van der Waals surface area contributed by atoms with Gasteiger partial charge in [0.2, 0.25) is 0 Å². The Morgan fingerprint density at radius 3 is 2.28 bits per heavy atom. The predicted octanol–water partition coefficient (Wildman–Crippen LogP) is 0.842. The first-order valence-electron chi connectivity index (χ1n) is 5.14. The van der Waals surface area contributed by atoms with Crippen LogP contribution in [0.25, 0.3) is 0 Å². The number of carbonyl (C=O) groups is 2. The third-order valence-electron chi connectivity index (χ3n) is 2.33. The zero-order valence-corrected chi connectivity index (χ0v) is 9.75. The lowest BCUT2D eigenvalue weighted by molar-refractivity contribution is -0.136. The van der Waals surface area contributed by atoms with Gasteiger partial charge in [0.25, 0.3) is 0 Å². The highest BCUT2D eigenvalue weighted by atomic mass is 16.4. The van der Waals surface area contributed by atoms with Gasteiger partial charge in [-0.3, -0.25) is 9.59 Å². The van der Waals surface area contributed by atoms with Crippen LogP contribution in [0.15, 0.2) is 18.2 Å². The highest BCUT2D eigenvalue weighted by Gasteiger charge is 2.19. The van der Waals surface area contributed by atoms with E-state index in [4.69, 9.17) is 15.5 Å². The summed E-state index contributed by atoms with van der Waals surface area (Å²) >= 11 is 0. The maximum Gasteiger partial charge on any atom is 0.323 e. The molecular formula is C12H12N2O4. The van der Waals surface area contributed by atoms with E-state index < -0.39 is 25.0 Å². The van der Waals surface area contributed by atoms with Gasteiger partial charge in [-0.1, -0.05) is 12.1 Å². The number of carboxylic acids is 2.